The van der Waals surface area contributed by atoms with E-state index in [0.29, 0.717) is 25.1 Å². The van der Waals surface area contributed by atoms with Crippen LogP contribution in [0.25, 0.3) is 10.9 Å². The van der Waals surface area contributed by atoms with Crippen molar-refractivity contribution in [3.05, 3.63) is 64.8 Å². The van der Waals surface area contributed by atoms with Crippen LogP contribution in [0.3, 0.4) is 0 Å². The molecule has 37 heavy (non-hydrogen) atoms. The molecule has 0 aliphatic carbocycles. The minimum absolute atomic E-state index is 0.0432. The van der Waals surface area contributed by atoms with E-state index in [1.54, 1.807) is 11.9 Å². The first kappa shape index (κ1) is 23.7. The number of carbonyl (C=O) groups excluding carboxylic acids is 3. The number of aldehydes is 1. The van der Waals surface area contributed by atoms with E-state index < -0.39 is 6.04 Å². The van der Waals surface area contributed by atoms with Crippen molar-refractivity contribution in [2.24, 2.45) is 0 Å². The smallest absolute Gasteiger partial charge is 0.255 e. The summed E-state index contributed by atoms with van der Waals surface area (Å²) in [4.78, 5) is 44.2. The van der Waals surface area contributed by atoms with Gasteiger partial charge in [-0.3, -0.25) is 14.5 Å². The SMILES string of the molecule is CNC(=O)C(CCC=O)N1Cc2c(ccc3c2OCC32CCN(Cc3ccc4cc[nH]c4c3)CC2)C1=O. The highest BCUT2D eigenvalue weighted by molar-refractivity contribution is 6.02. The van der Waals surface area contributed by atoms with Crippen molar-refractivity contribution in [1.82, 2.24) is 20.1 Å². The van der Waals surface area contributed by atoms with Crippen molar-refractivity contribution in [2.45, 2.75) is 50.2 Å². The number of likely N-dealkylation sites (N-methyl/N-ethyl adjacent to an activating group) is 1. The first-order valence-corrected chi connectivity index (χ1v) is 13.1. The first-order valence-electron chi connectivity index (χ1n) is 13.1. The number of nitrogens with one attached hydrogen (secondary N) is 2. The predicted octanol–water partition coefficient (Wildman–Crippen LogP) is 3.14. The van der Waals surface area contributed by atoms with Crippen LogP contribution in [0, 0.1) is 0 Å². The number of H-pyrrole nitrogens is 1. The van der Waals surface area contributed by atoms with Crippen LogP contribution in [0.15, 0.2) is 42.6 Å². The van der Waals surface area contributed by atoms with E-state index in [4.69, 9.17) is 4.74 Å². The van der Waals surface area contributed by atoms with Gasteiger partial charge in [-0.25, -0.2) is 0 Å². The van der Waals surface area contributed by atoms with E-state index in [2.05, 4.69) is 45.5 Å². The van der Waals surface area contributed by atoms with Crippen LogP contribution in [0.4, 0.5) is 0 Å². The minimum atomic E-state index is -0.672. The number of piperidine rings is 1. The van der Waals surface area contributed by atoms with Gasteiger partial charge in [-0.2, -0.15) is 0 Å². The maximum atomic E-state index is 13.3. The van der Waals surface area contributed by atoms with Gasteiger partial charge in [-0.05, 0) is 61.5 Å². The van der Waals surface area contributed by atoms with E-state index in [9.17, 15) is 14.4 Å². The van der Waals surface area contributed by atoms with Crippen LogP contribution in [0.5, 0.6) is 5.75 Å². The molecule has 6 rings (SSSR count). The molecule has 2 amide bonds. The fourth-order valence-electron chi connectivity index (χ4n) is 6.33. The molecular weight excluding hydrogens is 468 g/mol. The number of aromatic amines is 1. The number of nitrogens with zero attached hydrogens (tertiary/aromatic N) is 2. The van der Waals surface area contributed by atoms with Gasteiger partial charge in [0.2, 0.25) is 5.91 Å². The van der Waals surface area contributed by atoms with E-state index in [1.165, 1.54) is 22.0 Å². The molecule has 0 saturated carbocycles. The van der Waals surface area contributed by atoms with Gasteiger partial charge in [-0.1, -0.05) is 18.2 Å². The van der Waals surface area contributed by atoms with Gasteiger partial charge in [0.25, 0.3) is 5.91 Å². The van der Waals surface area contributed by atoms with Crippen LogP contribution in [0.1, 0.15) is 52.7 Å². The highest BCUT2D eigenvalue weighted by atomic mass is 16.5. The molecule has 0 radical (unpaired) electrons. The summed E-state index contributed by atoms with van der Waals surface area (Å²) in [6, 6.07) is 12.0. The number of hydrogen-bond acceptors (Lipinski definition) is 5. The predicted molar refractivity (Wildman–Crippen MR) is 139 cm³/mol. The summed E-state index contributed by atoms with van der Waals surface area (Å²) in [6.07, 6.45) is 5.31. The van der Waals surface area contributed by atoms with Crippen LogP contribution in [0.2, 0.25) is 0 Å². The maximum absolute atomic E-state index is 13.3. The van der Waals surface area contributed by atoms with Gasteiger partial charge in [0.15, 0.2) is 0 Å². The Hall–Kier alpha value is -3.65. The molecule has 3 aliphatic rings. The Morgan fingerprint density at radius 2 is 2.05 bits per heavy atom. The monoisotopic (exact) mass is 500 g/mol. The fourth-order valence-corrected chi connectivity index (χ4v) is 6.33. The van der Waals surface area contributed by atoms with E-state index >= 15 is 0 Å². The number of amides is 2. The Morgan fingerprint density at radius 3 is 2.84 bits per heavy atom. The summed E-state index contributed by atoms with van der Waals surface area (Å²) < 4.78 is 6.31. The molecule has 1 fully saturated rings. The molecule has 1 saturated heterocycles. The number of carbonyl (C=O) groups is 3. The minimum Gasteiger partial charge on any atom is -0.492 e. The van der Waals surface area contributed by atoms with Crippen LogP contribution in [-0.2, 0) is 28.1 Å². The van der Waals surface area contributed by atoms with Crippen molar-refractivity contribution >= 4 is 29.0 Å². The van der Waals surface area contributed by atoms with Crippen LogP contribution >= 0.6 is 0 Å². The highest BCUT2D eigenvalue weighted by Gasteiger charge is 2.47. The number of ether oxygens (including phenoxy) is 1. The Morgan fingerprint density at radius 1 is 1.22 bits per heavy atom. The lowest BCUT2D eigenvalue weighted by atomic mass is 9.74. The molecule has 1 spiro atoms. The summed E-state index contributed by atoms with van der Waals surface area (Å²) in [6.45, 7) is 3.85. The maximum Gasteiger partial charge on any atom is 0.255 e. The average molecular weight is 501 g/mol. The number of hydrogen-bond donors (Lipinski definition) is 2. The van der Waals surface area contributed by atoms with Crippen molar-refractivity contribution in [2.75, 3.05) is 26.7 Å². The molecule has 2 aromatic carbocycles. The van der Waals surface area contributed by atoms with E-state index in [0.717, 1.165) is 50.1 Å². The molecule has 4 heterocycles. The number of aromatic nitrogens is 1. The van der Waals surface area contributed by atoms with Crippen LogP contribution in [-0.4, -0.2) is 65.7 Å². The van der Waals surface area contributed by atoms with E-state index in [-0.39, 0.29) is 23.7 Å². The summed E-state index contributed by atoms with van der Waals surface area (Å²) in [5.74, 6) is 0.403. The molecule has 192 valence electrons. The second-order valence-electron chi connectivity index (χ2n) is 10.5. The van der Waals surface area contributed by atoms with Gasteiger partial charge in [0.05, 0.1) is 13.2 Å². The first-order chi connectivity index (χ1) is 18.0. The molecule has 8 nitrogen and oxygen atoms in total. The van der Waals surface area contributed by atoms with Crippen molar-refractivity contribution in [3.8, 4) is 5.75 Å². The van der Waals surface area contributed by atoms with Crippen LogP contribution < -0.4 is 10.1 Å². The third kappa shape index (κ3) is 4.00. The van der Waals surface area contributed by atoms with Gasteiger partial charge in [0, 0.05) is 53.8 Å². The third-order valence-electron chi connectivity index (χ3n) is 8.47. The fraction of sp³-hybridized carbons (Fsp3) is 0.414. The molecular formula is C29H32N4O4. The molecule has 1 unspecified atom stereocenters. The second kappa shape index (κ2) is 9.34. The number of rotatable bonds is 7. The van der Waals surface area contributed by atoms with Crippen molar-refractivity contribution in [1.29, 1.82) is 0 Å². The summed E-state index contributed by atoms with van der Waals surface area (Å²) in [5, 5.41) is 3.87. The number of benzene rings is 2. The van der Waals surface area contributed by atoms with Gasteiger partial charge >= 0.3 is 0 Å². The zero-order valence-corrected chi connectivity index (χ0v) is 21.1. The lowest BCUT2D eigenvalue weighted by Gasteiger charge is -2.38. The Kier molecular flexibility index (Phi) is 5.99. The molecule has 3 aromatic rings. The summed E-state index contributed by atoms with van der Waals surface area (Å²) in [7, 11) is 1.55. The van der Waals surface area contributed by atoms with Gasteiger partial charge < -0.3 is 24.7 Å². The molecule has 1 aromatic heterocycles. The second-order valence-corrected chi connectivity index (χ2v) is 10.5. The zero-order valence-electron chi connectivity index (χ0n) is 21.1. The molecule has 0 bridgehead atoms. The zero-order chi connectivity index (χ0) is 25.6. The van der Waals surface area contributed by atoms with E-state index in [1.807, 2.05) is 12.3 Å². The lowest BCUT2D eigenvalue weighted by molar-refractivity contribution is -0.125. The number of likely N-dealkylation sites (tertiary alicyclic amines) is 1. The van der Waals surface area contributed by atoms with Crippen molar-refractivity contribution < 1.29 is 19.1 Å². The molecule has 1 atom stereocenters. The Balaban J connectivity index is 1.18. The molecule has 8 heteroatoms. The number of fused-ring (bicyclic) bond motifs is 5. The highest BCUT2D eigenvalue weighted by Crippen LogP contribution is 2.49. The third-order valence-corrected chi connectivity index (χ3v) is 8.47. The Bertz CT molecular complexity index is 1370. The van der Waals surface area contributed by atoms with Gasteiger partial charge in [0.1, 0.15) is 18.1 Å². The van der Waals surface area contributed by atoms with Gasteiger partial charge in [-0.15, -0.1) is 0 Å². The largest absolute Gasteiger partial charge is 0.492 e. The Labute approximate surface area is 216 Å². The molecule has 3 aliphatic heterocycles. The lowest BCUT2D eigenvalue weighted by Crippen LogP contribution is -2.46. The quantitative estimate of drug-likeness (QED) is 0.486. The summed E-state index contributed by atoms with van der Waals surface area (Å²) in [5.41, 5.74) is 5.11. The normalized spacial score (nSPS) is 19.1. The topological polar surface area (TPSA) is 94.7 Å². The molecule has 2 N–H and O–H groups in total. The standard InChI is InChI=1S/C29H32N4O4/c1-30-27(35)25(3-2-14-34)33-17-22-21(28(33)36)6-7-23-26(22)37-18-29(23)9-12-32(13-10-29)16-19-4-5-20-8-11-31-24(20)15-19/h4-8,11,14-15,25,31H,2-3,9-10,12-13,16-18H2,1H3,(H,30,35). The van der Waals surface area contributed by atoms with Crippen molar-refractivity contribution in [3.63, 3.8) is 0 Å². The average Bonchev–Trinajstić information content (AvgIpc) is 3.62. The summed E-state index contributed by atoms with van der Waals surface area (Å²) >= 11 is 0.